The first kappa shape index (κ1) is 13.8. The molecule has 0 N–H and O–H groups in total. The second-order valence-corrected chi connectivity index (χ2v) is 4.26. The number of nitrogens with zero attached hydrogens (tertiary/aromatic N) is 2. The Labute approximate surface area is 112 Å². The maximum absolute atomic E-state index is 11.7. The van der Waals surface area contributed by atoms with E-state index >= 15 is 0 Å². The van der Waals surface area contributed by atoms with Crippen molar-refractivity contribution in [2.45, 2.75) is 12.6 Å². The normalized spacial score (nSPS) is 20.0. The molecule has 0 aliphatic carbocycles. The van der Waals surface area contributed by atoms with E-state index in [0.29, 0.717) is 32.2 Å². The lowest BCUT2D eigenvalue weighted by molar-refractivity contribution is -0.153. The van der Waals surface area contributed by atoms with Gasteiger partial charge in [0.15, 0.2) is 0 Å². The number of pyridine rings is 1. The summed E-state index contributed by atoms with van der Waals surface area (Å²) in [7, 11) is 2.97. The number of esters is 1. The fraction of sp³-hybridized carbons (Fsp3) is 0.538. The Morgan fingerprint density at radius 2 is 2.37 bits per heavy atom. The maximum atomic E-state index is 11.7. The van der Waals surface area contributed by atoms with Crippen molar-refractivity contribution in [3.63, 3.8) is 0 Å². The number of aromatic nitrogens is 1. The Kier molecular flexibility index (Phi) is 4.70. The highest BCUT2D eigenvalue weighted by Crippen LogP contribution is 2.14. The van der Waals surface area contributed by atoms with Crippen LogP contribution in [-0.2, 0) is 20.8 Å². The monoisotopic (exact) mass is 266 g/mol. The molecular formula is C13H18N2O4. The summed E-state index contributed by atoms with van der Waals surface area (Å²) in [6, 6.07) is 5.22. The van der Waals surface area contributed by atoms with Crippen LogP contribution < -0.4 is 4.74 Å². The minimum Gasteiger partial charge on any atom is -0.481 e. The highest BCUT2D eigenvalue weighted by molar-refractivity contribution is 5.75. The van der Waals surface area contributed by atoms with Crippen LogP contribution in [0.2, 0.25) is 0 Å². The van der Waals surface area contributed by atoms with Crippen LogP contribution in [0.15, 0.2) is 18.2 Å². The fourth-order valence-electron chi connectivity index (χ4n) is 2.05. The first-order chi connectivity index (χ1) is 9.24. The van der Waals surface area contributed by atoms with Gasteiger partial charge in [0.1, 0.15) is 6.04 Å². The van der Waals surface area contributed by atoms with Crippen LogP contribution in [0.5, 0.6) is 5.88 Å². The molecule has 0 amide bonds. The van der Waals surface area contributed by atoms with Gasteiger partial charge in [-0.1, -0.05) is 6.07 Å². The molecule has 1 aliphatic heterocycles. The Hall–Kier alpha value is -1.66. The molecule has 0 saturated carbocycles. The molecule has 6 heteroatoms. The Bertz CT molecular complexity index is 438. The van der Waals surface area contributed by atoms with Gasteiger partial charge in [-0.05, 0) is 6.07 Å². The molecule has 0 radical (unpaired) electrons. The molecule has 6 nitrogen and oxygen atoms in total. The van der Waals surface area contributed by atoms with E-state index < -0.39 is 0 Å². The van der Waals surface area contributed by atoms with E-state index in [0.717, 1.165) is 5.69 Å². The zero-order chi connectivity index (χ0) is 13.7. The first-order valence-corrected chi connectivity index (χ1v) is 6.14. The first-order valence-electron chi connectivity index (χ1n) is 6.14. The molecule has 0 spiro atoms. The zero-order valence-corrected chi connectivity index (χ0v) is 11.2. The summed E-state index contributed by atoms with van der Waals surface area (Å²) in [5.41, 5.74) is 0.857. The van der Waals surface area contributed by atoms with Crippen LogP contribution in [0, 0.1) is 0 Å². The number of morpholine rings is 1. The van der Waals surface area contributed by atoms with Gasteiger partial charge in [0.2, 0.25) is 5.88 Å². The molecule has 2 heterocycles. The summed E-state index contributed by atoms with van der Waals surface area (Å²) >= 11 is 0. The van der Waals surface area contributed by atoms with E-state index in [1.807, 2.05) is 17.0 Å². The quantitative estimate of drug-likeness (QED) is 0.738. The standard InChI is InChI=1S/C13H18N2O4/c1-17-12-5-3-4-10(14-12)8-15-6-7-19-9-11(15)13(16)18-2/h3-5,11H,6-9H2,1-2H3. The molecule has 1 unspecified atom stereocenters. The molecule has 19 heavy (non-hydrogen) atoms. The minimum absolute atomic E-state index is 0.275. The van der Waals surface area contributed by atoms with E-state index in [1.165, 1.54) is 7.11 Å². The van der Waals surface area contributed by atoms with Gasteiger partial charge in [-0.3, -0.25) is 9.69 Å². The number of carbonyl (C=O) groups excluding carboxylic acids is 1. The van der Waals surface area contributed by atoms with E-state index in [4.69, 9.17) is 14.2 Å². The summed E-state index contributed by atoms with van der Waals surface area (Å²) in [5.74, 6) is 0.294. The SMILES string of the molecule is COC(=O)C1COCCN1Cc1cccc(OC)n1. The lowest BCUT2D eigenvalue weighted by atomic mass is 10.2. The van der Waals surface area contributed by atoms with E-state index in [-0.39, 0.29) is 12.0 Å². The van der Waals surface area contributed by atoms with Gasteiger partial charge in [-0.2, -0.15) is 0 Å². The highest BCUT2D eigenvalue weighted by atomic mass is 16.5. The zero-order valence-electron chi connectivity index (χ0n) is 11.2. The Balaban J connectivity index is 2.08. The number of carbonyl (C=O) groups is 1. The summed E-state index contributed by atoms with van der Waals surface area (Å²) < 4.78 is 15.2. The average molecular weight is 266 g/mol. The maximum Gasteiger partial charge on any atom is 0.325 e. The third-order valence-corrected chi connectivity index (χ3v) is 3.07. The number of hydrogen-bond donors (Lipinski definition) is 0. The topological polar surface area (TPSA) is 60.9 Å². The third kappa shape index (κ3) is 3.42. The van der Waals surface area contributed by atoms with Crippen LogP contribution in [0.4, 0.5) is 0 Å². The van der Waals surface area contributed by atoms with Crippen molar-refractivity contribution in [1.29, 1.82) is 0 Å². The molecule has 1 saturated heterocycles. The van der Waals surface area contributed by atoms with Crippen LogP contribution in [0.25, 0.3) is 0 Å². The lowest BCUT2D eigenvalue weighted by Crippen LogP contribution is -2.49. The van der Waals surface area contributed by atoms with Gasteiger partial charge < -0.3 is 14.2 Å². The van der Waals surface area contributed by atoms with Crippen molar-refractivity contribution in [2.75, 3.05) is 34.0 Å². The van der Waals surface area contributed by atoms with Gasteiger partial charge >= 0.3 is 5.97 Å². The van der Waals surface area contributed by atoms with E-state index in [2.05, 4.69) is 4.98 Å². The molecule has 2 rings (SSSR count). The molecule has 1 aromatic rings. The van der Waals surface area contributed by atoms with E-state index in [1.54, 1.807) is 13.2 Å². The van der Waals surface area contributed by atoms with Gasteiger partial charge in [-0.25, -0.2) is 4.98 Å². The number of methoxy groups -OCH3 is 2. The predicted octanol–water partition coefficient (Wildman–Crippen LogP) is 0.464. The Morgan fingerprint density at radius 1 is 1.53 bits per heavy atom. The van der Waals surface area contributed by atoms with Crippen LogP contribution in [-0.4, -0.2) is 55.9 Å². The van der Waals surface area contributed by atoms with Gasteiger partial charge in [-0.15, -0.1) is 0 Å². The van der Waals surface area contributed by atoms with Crippen molar-refractivity contribution < 1.29 is 19.0 Å². The molecule has 1 aromatic heterocycles. The van der Waals surface area contributed by atoms with Crippen LogP contribution in [0.1, 0.15) is 5.69 Å². The lowest BCUT2D eigenvalue weighted by Gasteiger charge is -2.33. The number of rotatable bonds is 4. The molecule has 104 valence electrons. The second-order valence-electron chi connectivity index (χ2n) is 4.26. The Morgan fingerprint density at radius 3 is 3.11 bits per heavy atom. The van der Waals surface area contributed by atoms with Gasteiger partial charge in [0.05, 0.1) is 33.1 Å². The number of hydrogen-bond acceptors (Lipinski definition) is 6. The second kappa shape index (κ2) is 6.49. The summed E-state index contributed by atoms with van der Waals surface area (Å²) in [5, 5.41) is 0. The van der Waals surface area contributed by atoms with Crippen molar-refractivity contribution in [1.82, 2.24) is 9.88 Å². The summed E-state index contributed by atoms with van der Waals surface area (Å²) in [6.07, 6.45) is 0. The van der Waals surface area contributed by atoms with Crippen LogP contribution in [0.3, 0.4) is 0 Å². The molecule has 0 bridgehead atoms. The van der Waals surface area contributed by atoms with E-state index in [9.17, 15) is 4.79 Å². The molecule has 1 aliphatic rings. The summed E-state index contributed by atoms with van der Waals surface area (Å²) in [6.45, 7) is 2.22. The minimum atomic E-state index is -0.369. The molecule has 1 atom stereocenters. The van der Waals surface area contributed by atoms with Crippen LogP contribution >= 0.6 is 0 Å². The molecular weight excluding hydrogens is 248 g/mol. The van der Waals surface area contributed by atoms with Crippen molar-refractivity contribution in [3.05, 3.63) is 23.9 Å². The largest absolute Gasteiger partial charge is 0.481 e. The van der Waals surface area contributed by atoms with Gasteiger partial charge in [0.25, 0.3) is 0 Å². The molecule has 1 fully saturated rings. The average Bonchev–Trinajstić information content (AvgIpc) is 2.47. The molecule has 0 aromatic carbocycles. The van der Waals surface area contributed by atoms with Gasteiger partial charge in [0, 0.05) is 19.2 Å². The predicted molar refractivity (Wildman–Crippen MR) is 67.8 cm³/mol. The van der Waals surface area contributed by atoms with Crippen molar-refractivity contribution >= 4 is 5.97 Å². The fourth-order valence-corrected chi connectivity index (χ4v) is 2.05. The highest BCUT2D eigenvalue weighted by Gasteiger charge is 2.30. The smallest absolute Gasteiger partial charge is 0.325 e. The number of ether oxygens (including phenoxy) is 3. The summed E-state index contributed by atoms with van der Waals surface area (Å²) in [4.78, 5) is 18.1. The third-order valence-electron chi connectivity index (χ3n) is 3.07. The van der Waals surface area contributed by atoms with Crippen molar-refractivity contribution in [3.8, 4) is 5.88 Å². The van der Waals surface area contributed by atoms with Crippen molar-refractivity contribution in [2.24, 2.45) is 0 Å².